The van der Waals surface area contributed by atoms with E-state index in [1.165, 1.54) is 0 Å². The number of halogens is 3. The van der Waals surface area contributed by atoms with Gasteiger partial charge < -0.3 is 4.74 Å². The maximum absolute atomic E-state index is 12.4. The van der Waals surface area contributed by atoms with Gasteiger partial charge >= 0.3 is 0 Å². The quantitative estimate of drug-likeness (QED) is 0.665. The number of hydrogen-bond donors (Lipinski definition) is 0. The topological polar surface area (TPSA) is 26.3 Å². The number of rotatable bonds is 3. The van der Waals surface area contributed by atoms with Gasteiger partial charge in [0.15, 0.2) is 5.78 Å². The molecule has 0 spiro atoms. The largest absolute Gasteiger partial charge is 0.497 e. The summed E-state index contributed by atoms with van der Waals surface area (Å²) in [5.41, 5.74) is 1.01. The van der Waals surface area contributed by atoms with E-state index in [2.05, 4.69) is 31.9 Å². The first kappa shape index (κ1) is 14.6. The van der Waals surface area contributed by atoms with Crippen molar-refractivity contribution >= 4 is 49.2 Å². The summed E-state index contributed by atoms with van der Waals surface area (Å²) in [6.07, 6.45) is 0. The van der Waals surface area contributed by atoms with Crippen LogP contribution in [0.2, 0.25) is 5.02 Å². The van der Waals surface area contributed by atoms with Crippen molar-refractivity contribution in [3.8, 4) is 5.75 Å². The van der Waals surface area contributed by atoms with Crippen LogP contribution >= 0.6 is 43.5 Å². The molecule has 0 atom stereocenters. The average molecular weight is 404 g/mol. The normalized spacial score (nSPS) is 10.3. The van der Waals surface area contributed by atoms with E-state index >= 15 is 0 Å². The number of ether oxygens (including phenoxy) is 1. The molecule has 0 N–H and O–H groups in total. The molecule has 2 aromatic rings. The van der Waals surface area contributed by atoms with Gasteiger partial charge in [-0.1, -0.05) is 27.5 Å². The van der Waals surface area contributed by atoms with E-state index in [0.717, 1.165) is 8.95 Å². The van der Waals surface area contributed by atoms with Crippen molar-refractivity contribution < 1.29 is 9.53 Å². The van der Waals surface area contributed by atoms with E-state index in [0.29, 0.717) is 21.9 Å². The third-order valence-corrected chi connectivity index (χ3v) is 4.06. The summed E-state index contributed by atoms with van der Waals surface area (Å²) in [7, 11) is 1.55. The third-order valence-electron chi connectivity index (χ3n) is 2.60. The summed E-state index contributed by atoms with van der Waals surface area (Å²) in [6, 6.07) is 10.4. The zero-order chi connectivity index (χ0) is 14.0. The first-order valence-electron chi connectivity index (χ1n) is 5.36. The van der Waals surface area contributed by atoms with Crippen molar-refractivity contribution in [1.82, 2.24) is 0 Å². The Kier molecular flexibility index (Phi) is 4.66. The fourth-order valence-corrected chi connectivity index (χ4v) is 3.11. The highest BCUT2D eigenvalue weighted by Crippen LogP contribution is 2.28. The van der Waals surface area contributed by atoms with E-state index in [1.807, 2.05) is 12.1 Å². The third kappa shape index (κ3) is 3.19. The molecule has 2 rings (SSSR count). The Morgan fingerprint density at radius 2 is 1.79 bits per heavy atom. The molecular formula is C14H9Br2ClO2. The zero-order valence-corrected chi connectivity index (χ0v) is 13.8. The van der Waals surface area contributed by atoms with Crippen LogP contribution in [-0.4, -0.2) is 12.9 Å². The Morgan fingerprint density at radius 3 is 2.37 bits per heavy atom. The van der Waals surface area contributed by atoms with Crippen LogP contribution in [0.3, 0.4) is 0 Å². The highest BCUT2D eigenvalue weighted by atomic mass is 79.9. The van der Waals surface area contributed by atoms with E-state index in [1.54, 1.807) is 31.4 Å². The molecule has 98 valence electrons. The second kappa shape index (κ2) is 6.07. The molecule has 2 aromatic carbocycles. The van der Waals surface area contributed by atoms with Crippen molar-refractivity contribution in [2.45, 2.75) is 0 Å². The van der Waals surface area contributed by atoms with Crippen LogP contribution in [0.25, 0.3) is 0 Å². The lowest BCUT2D eigenvalue weighted by Gasteiger charge is -2.08. The lowest BCUT2D eigenvalue weighted by atomic mass is 10.0. The van der Waals surface area contributed by atoms with Crippen LogP contribution in [0.1, 0.15) is 15.9 Å². The maximum atomic E-state index is 12.4. The first-order valence-corrected chi connectivity index (χ1v) is 7.32. The van der Waals surface area contributed by atoms with Gasteiger partial charge in [-0.2, -0.15) is 0 Å². The molecule has 0 unspecified atom stereocenters. The van der Waals surface area contributed by atoms with Gasteiger partial charge in [0.1, 0.15) is 5.75 Å². The van der Waals surface area contributed by atoms with E-state index < -0.39 is 0 Å². The van der Waals surface area contributed by atoms with Gasteiger partial charge in [-0.3, -0.25) is 4.79 Å². The van der Waals surface area contributed by atoms with Gasteiger partial charge in [0.2, 0.25) is 0 Å². The van der Waals surface area contributed by atoms with Crippen molar-refractivity contribution in [1.29, 1.82) is 0 Å². The highest BCUT2D eigenvalue weighted by Gasteiger charge is 2.16. The Hall–Kier alpha value is -0.840. The molecule has 0 bridgehead atoms. The smallest absolute Gasteiger partial charge is 0.195 e. The summed E-state index contributed by atoms with van der Waals surface area (Å²) in [5, 5.41) is 0.374. The zero-order valence-electron chi connectivity index (χ0n) is 9.91. The lowest BCUT2D eigenvalue weighted by Crippen LogP contribution is -2.03. The molecule has 19 heavy (non-hydrogen) atoms. The molecule has 0 saturated heterocycles. The van der Waals surface area contributed by atoms with Crippen molar-refractivity contribution in [2.75, 3.05) is 7.11 Å². The molecule has 0 amide bonds. The number of benzene rings is 2. The molecule has 5 heteroatoms. The second-order valence-corrected chi connectivity index (χ2v) is 5.98. The molecular weight excluding hydrogens is 395 g/mol. The Bertz CT molecular complexity index is 641. The fraction of sp³-hybridized carbons (Fsp3) is 0.0714. The number of carbonyl (C=O) groups excluding carboxylic acids is 1. The van der Waals surface area contributed by atoms with Crippen molar-refractivity contribution in [3.63, 3.8) is 0 Å². The molecule has 2 nitrogen and oxygen atoms in total. The SMILES string of the molecule is COc1ccc(C(=O)c2ccc(Br)cc2Br)c(Cl)c1. The standard InChI is InChI=1S/C14H9Br2ClO2/c1-19-9-3-5-11(13(17)7-9)14(18)10-4-2-8(15)6-12(10)16/h2-7H,1H3. The number of methoxy groups -OCH3 is 1. The van der Waals surface area contributed by atoms with E-state index in [4.69, 9.17) is 16.3 Å². The number of hydrogen-bond acceptors (Lipinski definition) is 2. The predicted octanol–water partition coefficient (Wildman–Crippen LogP) is 5.10. The summed E-state index contributed by atoms with van der Waals surface area (Å²) in [4.78, 5) is 12.4. The summed E-state index contributed by atoms with van der Waals surface area (Å²) in [6.45, 7) is 0. The van der Waals surface area contributed by atoms with Gasteiger partial charge in [0, 0.05) is 20.1 Å². The molecule has 0 fully saturated rings. The fourth-order valence-electron chi connectivity index (χ4n) is 1.63. The minimum atomic E-state index is -0.132. The first-order chi connectivity index (χ1) is 9.02. The van der Waals surface area contributed by atoms with Gasteiger partial charge in [-0.25, -0.2) is 0 Å². The molecule has 0 aliphatic heterocycles. The van der Waals surface area contributed by atoms with Crippen LogP contribution in [0.15, 0.2) is 45.3 Å². The molecule has 0 radical (unpaired) electrons. The minimum absolute atomic E-state index is 0.132. The summed E-state index contributed by atoms with van der Waals surface area (Å²) >= 11 is 12.8. The molecule has 0 heterocycles. The van der Waals surface area contributed by atoms with Crippen LogP contribution in [0.4, 0.5) is 0 Å². The molecule has 0 aliphatic carbocycles. The van der Waals surface area contributed by atoms with Gasteiger partial charge in [0.25, 0.3) is 0 Å². The van der Waals surface area contributed by atoms with Crippen LogP contribution < -0.4 is 4.74 Å². The summed E-state index contributed by atoms with van der Waals surface area (Å²) < 4.78 is 6.68. The van der Waals surface area contributed by atoms with Gasteiger partial charge in [0.05, 0.1) is 12.1 Å². The van der Waals surface area contributed by atoms with Crippen molar-refractivity contribution in [2.24, 2.45) is 0 Å². The Balaban J connectivity index is 2.44. The number of ketones is 1. The minimum Gasteiger partial charge on any atom is -0.497 e. The van der Waals surface area contributed by atoms with E-state index in [-0.39, 0.29) is 5.78 Å². The van der Waals surface area contributed by atoms with Crippen molar-refractivity contribution in [3.05, 3.63) is 61.5 Å². The van der Waals surface area contributed by atoms with Gasteiger partial charge in [-0.15, -0.1) is 0 Å². The Morgan fingerprint density at radius 1 is 1.11 bits per heavy atom. The van der Waals surface area contributed by atoms with Crippen LogP contribution in [-0.2, 0) is 0 Å². The summed E-state index contributed by atoms with van der Waals surface area (Å²) in [5.74, 6) is 0.489. The van der Waals surface area contributed by atoms with Crippen LogP contribution in [0, 0.1) is 0 Å². The predicted molar refractivity (Wildman–Crippen MR) is 83.3 cm³/mol. The molecule has 0 aliphatic rings. The second-order valence-electron chi connectivity index (χ2n) is 3.80. The maximum Gasteiger partial charge on any atom is 0.195 e. The number of carbonyl (C=O) groups is 1. The molecule has 0 saturated carbocycles. The molecule has 0 aromatic heterocycles. The van der Waals surface area contributed by atoms with E-state index in [9.17, 15) is 4.79 Å². The van der Waals surface area contributed by atoms with Crippen LogP contribution in [0.5, 0.6) is 5.75 Å². The average Bonchev–Trinajstić information content (AvgIpc) is 2.37. The van der Waals surface area contributed by atoms with Gasteiger partial charge in [-0.05, 0) is 52.3 Å². The monoisotopic (exact) mass is 402 g/mol. The lowest BCUT2D eigenvalue weighted by molar-refractivity contribution is 0.103. The highest BCUT2D eigenvalue weighted by molar-refractivity contribution is 9.11. The Labute approximate surface area is 133 Å².